The zero-order valence-corrected chi connectivity index (χ0v) is 20.1. The molecule has 178 valence electrons. The minimum absolute atomic E-state index is 0.0479. The second kappa shape index (κ2) is 13.9. The van der Waals surface area contributed by atoms with E-state index < -0.39 is 5.82 Å². The van der Waals surface area contributed by atoms with E-state index in [9.17, 15) is 4.39 Å². The minimum Gasteiger partial charge on any atom is -0.493 e. The summed E-state index contributed by atoms with van der Waals surface area (Å²) in [7, 11) is 0. The van der Waals surface area contributed by atoms with Crippen LogP contribution in [-0.4, -0.2) is 16.6 Å². The van der Waals surface area contributed by atoms with Crippen LogP contribution in [0.3, 0.4) is 0 Å². The number of benzene rings is 1. The van der Waals surface area contributed by atoms with Gasteiger partial charge in [0.2, 0.25) is 0 Å². The Morgan fingerprint density at radius 2 is 1.64 bits per heavy atom. The van der Waals surface area contributed by atoms with Gasteiger partial charge in [0.05, 0.1) is 12.2 Å². The summed E-state index contributed by atoms with van der Waals surface area (Å²) in [6, 6.07) is 6.26. The van der Waals surface area contributed by atoms with E-state index in [1.54, 1.807) is 6.07 Å². The molecular formula is C28H38FN3O. The van der Waals surface area contributed by atoms with Crippen molar-refractivity contribution in [2.45, 2.75) is 96.3 Å². The zero-order chi connectivity index (χ0) is 23.3. The maximum atomic E-state index is 13.7. The topological polar surface area (TPSA) is 58.8 Å². The van der Waals surface area contributed by atoms with E-state index >= 15 is 0 Å². The molecule has 0 radical (unpaired) electrons. The van der Waals surface area contributed by atoms with E-state index in [1.165, 1.54) is 69.1 Å². The highest BCUT2D eigenvalue weighted by Crippen LogP contribution is 2.34. The highest BCUT2D eigenvalue weighted by atomic mass is 19.1. The van der Waals surface area contributed by atoms with Crippen molar-refractivity contribution in [3.63, 3.8) is 0 Å². The predicted octanol–water partition coefficient (Wildman–Crippen LogP) is 7.52. The summed E-state index contributed by atoms with van der Waals surface area (Å²) in [6.45, 7) is 2.84. The van der Waals surface area contributed by atoms with E-state index in [0.29, 0.717) is 24.2 Å². The smallest absolute Gasteiger partial charge is 0.144 e. The van der Waals surface area contributed by atoms with Crippen LogP contribution in [0.2, 0.25) is 0 Å². The van der Waals surface area contributed by atoms with Crippen LogP contribution in [0.5, 0.6) is 5.75 Å². The van der Waals surface area contributed by atoms with Crippen LogP contribution in [0.15, 0.2) is 30.6 Å². The van der Waals surface area contributed by atoms with Crippen LogP contribution in [0.4, 0.5) is 4.39 Å². The Kier molecular flexibility index (Phi) is 10.6. The lowest BCUT2D eigenvalue weighted by Crippen LogP contribution is -2.20. The fourth-order valence-electron chi connectivity index (χ4n) is 4.65. The molecule has 1 aromatic carbocycles. The number of aryl methyl sites for hydroxylation is 1. The first-order valence-corrected chi connectivity index (χ1v) is 12.8. The molecule has 0 unspecified atom stereocenters. The molecule has 0 spiro atoms. The van der Waals surface area contributed by atoms with Crippen molar-refractivity contribution in [2.75, 3.05) is 6.61 Å². The highest BCUT2D eigenvalue weighted by Gasteiger charge is 2.24. The number of hydrogen-bond donors (Lipinski definition) is 0. The molecule has 1 fully saturated rings. The largest absolute Gasteiger partial charge is 0.493 e. The van der Waals surface area contributed by atoms with Crippen LogP contribution in [0, 0.1) is 23.1 Å². The van der Waals surface area contributed by atoms with Gasteiger partial charge >= 0.3 is 0 Å². The Balaban J connectivity index is 1.32. The number of nitrogens with zero attached hydrogens (tertiary/aromatic N) is 3. The Hall–Kier alpha value is -2.48. The fourth-order valence-corrected chi connectivity index (χ4v) is 4.65. The summed E-state index contributed by atoms with van der Waals surface area (Å²) in [4.78, 5) is 9.37. The molecule has 3 rings (SSSR count). The van der Waals surface area contributed by atoms with Gasteiger partial charge in [0.15, 0.2) is 0 Å². The quantitative estimate of drug-likeness (QED) is 0.295. The average Bonchev–Trinajstić information content (AvgIpc) is 2.85. The summed E-state index contributed by atoms with van der Waals surface area (Å²) < 4.78 is 19.5. The minimum atomic E-state index is -0.526. The number of aromatic nitrogens is 2. The molecule has 1 saturated carbocycles. The van der Waals surface area contributed by atoms with Gasteiger partial charge in [0.25, 0.3) is 0 Å². The predicted molar refractivity (Wildman–Crippen MR) is 130 cm³/mol. The Bertz CT molecular complexity index is 870. The molecule has 0 atom stereocenters. The maximum absolute atomic E-state index is 13.7. The molecular weight excluding hydrogens is 413 g/mol. The lowest BCUT2D eigenvalue weighted by Gasteiger charge is -2.27. The second-order valence-corrected chi connectivity index (χ2v) is 9.46. The number of nitriles is 1. The van der Waals surface area contributed by atoms with Crippen molar-refractivity contribution in [2.24, 2.45) is 5.92 Å². The van der Waals surface area contributed by atoms with Gasteiger partial charge in [-0.25, -0.2) is 14.4 Å². The molecule has 4 nitrogen and oxygen atoms in total. The summed E-state index contributed by atoms with van der Waals surface area (Å²) in [5.41, 5.74) is 1.30. The Morgan fingerprint density at radius 3 is 2.27 bits per heavy atom. The SMILES string of the molecule is CCCCCCCCCCc1cnc(C2CCC(COc3ccc(C#N)c(F)c3)CC2)nc1. The maximum Gasteiger partial charge on any atom is 0.144 e. The zero-order valence-electron chi connectivity index (χ0n) is 20.1. The molecule has 1 aliphatic rings. The standard InChI is InChI=1S/C28H38FN3O/c1-2-3-4-5-6-7-8-9-10-23-19-31-28(32-20-23)24-13-11-22(12-14-24)21-33-26-16-15-25(18-30)27(29)17-26/h15-17,19-20,22,24H,2-14,21H2,1H3. The monoisotopic (exact) mass is 451 g/mol. The molecule has 1 heterocycles. The Morgan fingerprint density at radius 1 is 0.970 bits per heavy atom. The highest BCUT2D eigenvalue weighted by molar-refractivity contribution is 5.36. The normalized spacial score (nSPS) is 18.1. The lowest BCUT2D eigenvalue weighted by molar-refractivity contribution is 0.197. The molecule has 0 saturated heterocycles. The number of ether oxygens (including phenoxy) is 1. The number of rotatable bonds is 13. The number of hydrogen-bond acceptors (Lipinski definition) is 4. The Labute approximate surface area is 198 Å². The molecule has 33 heavy (non-hydrogen) atoms. The van der Waals surface area contributed by atoms with Gasteiger partial charge in [0.1, 0.15) is 23.5 Å². The van der Waals surface area contributed by atoms with Crippen molar-refractivity contribution >= 4 is 0 Å². The van der Waals surface area contributed by atoms with Crippen molar-refractivity contribution in [3.05, 3.63) is 53.4 Å². The number of halogens is 1. The molecule has 5 heteroatoms. The van der Waals surface area contributed by atoms with Gasteiger partial charge in [-0.1, -0.05) is 51.9 Å². The molecule has 0 bridgehead atoms. The van der Waals surface area contributed by atoms with Crippen LogP contribution in [0.1, 0.15) is 107 Å². The molecule has 1 aromatic heterocycles. The number of unbranched alkanes of at least 4 members (excludes halogenated alkanes) is 7. The molecule has 0 amide bonds. The van der Waals surface area contributed by atoms with E-state index in [1.807, 2.05) is 18.5 Å². The first-order valence-electron chi connectivity index (χ1n) is 12.8. The van der Waals surface area contributed by atoms with Gasteiger partial charge in [-0.3, -0.25) is 0 Å². The van der Waals surface area contributed by atoms with E-state index in [-0.39, 0.29) is 5.56 Å². The van der Waals surface area contributed by atoms with Crippen molar-refractivity contribution in [1.29, 1.82) is 5.26 Å². The van der Waals surface area contributed by atoms with Crippen LogP contribution >= 0.6 is 0 Å². The van der Waals surface area contributed by atoms with E-state index in [2.05, 4.69) is 16.9 Å². The van der Waals surface area contributed by atoms with Crippen molar-refractivity contribution in [1.82, 2.24) is 9.97 Å². The van der Waals surface area contributed by atoms with Gasteiger partial charge in [-0.2, -0.15) is 5.26 Å². The van der Waals surface area contributed by atoms with Gasteiger partial charge in [-0.15, -0.1) is 0 Å². The lowest BCUT2D eigenvalue weighted by atomic mass is 9.82. The van der Waals surface area contributed by atoms with Crippen molar-refractivity contribution < 1.29 is 9.13 Å². The molecule has 0 N–H and O–H groups in total. The third-order valence-electron chi connectivity index (χ3n) is 6.80. The van der Waals surface area contributed by atoms with Gasteiger partial charge in [0, 0.05) is 24.4 Å². The van der Waals surface area contributed by atoms with E-state index in [0.717, 1.165) is 37.9 Å². The van der Waals surface area contributed by atoms with Crippen LogP contribution in [0.25, 0.3) is 0 Å². The molecule has 1 aliphatic carbocycles. The van der Waals surface area contributed by atoms with Crippen LogP contribution < -0.4 is 4.74 Å². The third-order valence-corrected chi connectivity index (χ3v) is 6.80. The molecule has 2 aromatic rings. The molecule has 0 aliphatic heterocycles. The summed E-state index contributed by atoms with van der Waals surface area (Å²) in [6.07, 6.45) is 20.1. The second-order valence-electron chi connectivity index (χ2n) is 9.46. The first-order chi connectivity index (χ1) is 16.2. The first kappa shape index (κ1) is 25.1. The van der Waals surface area contributed by atoms with Crippen LogP contribution in [-0.2, 0) is 6.42 Å². The third kappa shape index (κ3) is 8.42. The van der Waals surface area contributed by atoms with Gasteiger partial charge in [-0.05, 0) is 62.1 Å². The van der Waals surface area contributed by atoms with Gasteiger partial charge < -0.3 is 4.74 Å². The summed E-state index contributed by atoms with van der Waals surface area (Å²) >= 11 is 0. The fraction of sp³-hybridized carbons (Fsp3) is 0.607. The van der Waals surface area contributed by atoms with E-state index in [4.69, 9.17) is 10.00 Å². The summed E-state index contributed by atoms with van der Waals surface area (Å²) in [5.74, 6) is 1.82. The van der Waals surface area contributed by atoms with Crippen molar-refractivity contribution in [3.8, 4) is 11.8 Å². The summed E-state index contributed by atoms with van der Waals surface area (Å²) in [5, 5.41) is 8.82. The average molecular weight is 452 g/mol.